The number of piperidine rings is 1. The van der Waals surface area contributed by atoms with E-state index in [0.717, 1.165) is 11.1 Å². The van der Waals surface area contributed by atoms with E-state index in [2.05, 4.69) is 16.0 Å². The molecule has 39 heavy (non-hydrogen) atoms. The van der Waals surface area contributed by atoms with Crippen molar-refractivity contribution in [3.05, 3.63) is 40.5 Å². The van der Waals surface area contributed by atoms with Crippen LogP contribution in [0.5, 0.6) is 5.75 Å². The highest BCUT2D eigenvalue weighted by Crippen LogP contribution is 2.57. The number of carbonyl (C=O) groups excluding carboxylic acids is 3. The molecule has 3 aliphatic rings. The number of imide groups is 1. The molecule has 4 atom stereocenters. The van der Waals surface area contributed by atoms with E-state index in [-0.39, 0.29) is 18.6 Å². The van der Waals surface area contributed by atoms with E-state index >= 15 is 0 Å². The molecule has 214 valence electrons. The Morgan fingerprint density at radius 2 is 1.92 bits per heavy atom. The lowest BCUT2D eigenvalue weighted by molar-refractivity contribution is -0.138. The number of nitrogens with one attached hydrogen (secondary N) is 3. The summed E-state index contributed by atoms with van der Waals surface area (Å²) in [7, 11) is 1.58. The van der Waals surface area contributed by atoms with Gasteiger partial charge in [-0.05, 0) is 68.1 Å². The van der Waals surface area contributed by atoms with Crippen LogP contribution >= 0.6 is 18.1 Å². The molecule has 3 amide bonds. The maximum absolute atomic E-state index is 13.2. The van der Waals surface area contributed by atoms with Crippen molar-refractivity contribution in [3.63, 3.8) is 0 Å². The van der Waals surface area contributed by atoms with Gasteiger partial charge in [-0.1, -0.05) is 6.08 Å². The first-order valence-corrected chi connectivity index (χ1v) is 15.5. The molecule has 0 bridgehead atoms. The molecule has 1 aromatic carbocycles. The van der Waals surface area contributed by atoms with Gasteiger partial charge < -0.3 is 24.6 Å². The fraction of sp³-hybridized carbons (Fsp3) is 0.577. The smallest absolute Gasteiger partial charge is 0.363 e. The van der Waals surface area contributed by atoms with Crippen LogP contribution in [-0.4, -0.2) is 80.5 Å². The summed E-state index contributed by atoms with van der Waals surface area (Å²) >= 11 is 6.36. The number of morpholine rings is 1. The number of nitrogens with zero attached hydrogens (tertiary/aromatic N) is 1. The number of amides is 3. The Bertz CT molecular complexity index is 1200. The maximum Gasteiger partial charge on any atom is 0.363 e. The van der Waals surface area contributed by atoms with Gasteiger partial charge in [0.2, 0.25) is 5.91 Å². The molecule has 2 unspecified atom stereocenters. The summed E-state index contributed by atoms with van der Waals surface area (Å²) in [5.74, 6) is -0.939. The standard InChI is InChI=1S/C26H36ClN4O7P/c1-15-9-18(11-22(36-4)17(15)3)25(33)29-19-5-7-31(8-6-19)39(27,35)37-14-20-12-28-13-23(38-20)21-10-16(2)24(32)30-26(21)34/h9-11,19-21,23,28H,5-8,12-14H2,1-4H3,(H,29,33)(H,30,32,34)/t20-,21?,23+,39?/m0/s1. The van der Waals surface area contributed by atoms with Crippen molar-refractivity contribution in [1.29, 1.82) is 0 Å². The molecule has 0 spiro atoms. The van der Waals surface area contributed by atoms with Gasteiger partial charge in [-0.2, -0.15) is 0 Å². The molecule has 0 saturated carbocycles. The third-order valence-corrected chi connectivity index (χ3v) is 9.96. The molecule has 1 aromatic rings. The largest absolute Gasteiger partial charge is 0.496 e. The minimum absolute atomic E-state index is 0.0223. The minimum atomic E-state index is -3.63. The first-order chi connectivity index (χ1) is 18.5. The quantitative estimate of drug-likeness (QED) is 0.312. The van der Waals surface area contributed by atoms with Gasteiger partial charge in [0.05, 0.1) is 31.8 Å². The van der Waals surface area contributed by atoms with E-state index in [4.69, 9.17) is 25.2 Å². The molecular weight excluding hydrogens is 547 g/mol. The maximum atomic E-state index is 13.2. The van der Waals surface area contributed by atoms with Crippen LogP contribution in [0.15, 0.2) is 23.8 Å². The molecule has 3 N–H and O–H groups in total. The Kier molecular flexibility index (Phi) is 9.52. The monoisotopic (exact) mass is 582 g/mol. The molecule has 0 aliphatic carbocycles. The summed E-state index contributed by atoms with van der Waals surface area (Å²) in [6, 6.07) is 3.49. The molecule has 13 heteroatoms. The van der Waals surface area contributed by atoms with Gasteiger partial charge in [-0.25, -0.2) is 4.67 Å². The van der Waals surface area contributed by atoms with Crippen LogP contribution in [-0.2, 0) is 23.4 Å². The lowest BCUT2D eigenvalue weighted by atomic mass is 9.94. The van der Waals surface area contributed by atoms with Gasteiger partial charge in [0, 0.05) is 43.4 Å². The van der Waals surface area contributed by atoms with Crippen molar-refractivity contribution < 1.29 is 32.9 Å². The van der Waals surface area contributed by atoms with Gasteiger partial charge in [0.15, 0.2) is 0 Å². The van der Waals surface area contributed by atoms with Crippen LogP contribution in [0.1, 0.15) is 41.3 Å². The average Bonchev–Trinajstić information content (AvgIpc) is 2.91. The van der Waals surface area contributed by atoms with Crippen molar-refractivity contribution in [3.8, 4) is 5.75 Å². The van der Waals surface area contributed by atoms with E-state index in [1.54, 1.807) is 30.8 Å². The lowest BCUT2D eigenvalue weighted by Gasteiger charge is -2.37. The Balaban J connectivity index is 1.26. The predicted molar refractivity (Wildman–Crippen MR) is 146 cm³/mol. The third kappa shape index (κ3) is 7.09. The van der Waals surface area contributed by atoms with Crippen molar-refractivity contribution in [2.45, 2.75) is 51.9 Å². The zero-order chi connectivity index (χ0) is 28.3. The van der Waals surface area contributed by atoms with E-state index < -0.39 is 36.8 Å². The van der Waals surface area contributed by atoms with Crippen molar-refractivity contribution in [1.82, 2.24) is 20.6 Å². The Labute approximate surface area is 233 Å². The number of ether oxygens (including phenoxy) is 2. The van der Waals surface area contributed by atoms with Gasteiger partial charge >= 0.3 is 6.87 Å². The zero-order valence-corrected chi connectivity index (χ0v) is 24.3. The zero-order valence-electron chi connectivity index (χ0n) is 22.6. The number of carbonyl (C=O) groups is 3. The number of hydrogen-bond donors (Lipinski definition) is 3. The number of hydrogen-bond acceptors (Lipinski definition) is 8. The van der Waals surface area contributed by atoms with Crippen molar-refractivity contribution in [2.24, 2.45) is 5.92 Å². The van der Waals surface area contributed by atoms with Gasteiger partial charge in [-0.3, -0.25) is 24.3 Å². The fourth-order valence-corrected chi connectivity index (χ4v) is 6.82. The molecule has 2 fully saturated rings. The lowest BCUT2D eigenvalue weighted by Crippen LogP contribution is -2.54. The first-order valence-electron chi connectivity index (χ1n) is 13.0. The second kappa shape index (κ2) is 12.5. The summed E-state index contributed by atoms with van der Waals surface area (Å²) in [6.07, 6.45) is 1.78. The number of halogens is 1. The summed E-state index contributed by atoms with van der Waals surface area (Å²) in [5.41, 5.74) is 2.96. The van der Waals surface area contributed by atoms with Gasteiger partial charge in [0.1, 0.15) is 5.75 Å². The fourth-order valence-electron chi connectivity index (χ4n) is 4.98. The normalized spacial score (nSPS) is 26.4. The SMILES string of the molecule is COc1cc(C(=O)NC2CCN(P(=O)(Cl)OC[C@@H]3CNC[C@H](C4C=C(C)C(=O)NC4=O)O3)CC2)cc(C)c1C. The molecule has 11 nitrogen and oxygen atoms in total. The minimum Gasteiger partial charge on any atom is -0.496 e. The molecule has 0 radical (unpaired) electrons. The highest BCUT2D eigenvalue weighted by molar-refractivity contribution is 7.83. The Morgan fingerprint density at radius 1 is 1.21 bits per heavy atom. The molecule has 0 aromatic heterocycles. The number of benzene rings is 1. The molecule has 2 saturated heterocycles. The second-order valence-corrected chi connectivity index (χ2v) is 13.2. The second-order valence-electron chi connectivity index (χ2n) is 10.2. The van der Waals surface area contributed by atoms with E-state index in [9.17, 15) is 18.9 Å². The van der Waals surface area contributed by atoms with Gasteiger partial charge in [0.25, 0.3) is 11.8 Å². The first kappa shape index (κ1) is 29.7. The number of rotatable bonds is 8. The predicted octanol–water partition coefficient (Wildman–Crippen LogP) is 2.45. The van der Waals surface area contributed by atoms with Crippen molar-refractivity contribution >= 4 is 35.8 Å². The van der Waals surface area contributed by atoms with Crippen molar-refractivity contribution in [2.75, 3.05) is 39.9 Å². The number of methoxy groups -OCH3 is 1. The van der Waals surface area contributed by atoms with E-state index in [1.807, 2.05) is 19.9 Å². The Morgan fingerprint density at radius 3 is 2.62 bits per heavy atom. The van der Waals surface area contributed by atoms with Crippen LogP contribution < -0.4 is 20.7 Å². The Hall–Kier alpha value is -2.27. The molecule has 3 aliphatic heterocycles. The third-order valence-electron chi connectivity index (χ3n) is 7.48. The summed E-state index contributed by atoms with van der Waals surface area (Å²) in [5, 5.41) is 8.59. The van der Waals surface area contributed by atoms with Crippen LogP contribution in [0.25, 0.3) is 0 Å². The van der Waals surface area contributed by atoms with Crippen LogP contribution in [0, 0.1) is 19.8 Å². The topological polar surface area (TPSA) is 135 Å². The average molecular weight is 583 g/mol. The van der Waals surface area contributed by atoms with Crippen LogP contribution in [0.3, 0.4) is 0 Å². The molecule has 4 rings (SSSR count). The van der Waals surface area contributed by atoms with E-state index in [0.29, 0.717) is 55.9 Å². The summed E-state index contributed by atoms with van der Waals surface area (Å²) < 4.78 is 31.9. The van der Waals surface area contributed by atoms with Crippen LogP contribution in [0.2, 0.25) is 0 Å². The molecule has 3 heterocycles. The highest BCUT2D eigenvalue weighted by Gasteiger charge is 2.38. The molecular formula is C26H36ClN4O7P. The van der Waals surface area contributed by atoms with Crippen LogP contribution in [0.4, 0.5) is 0 Å². The summed E-state index contributed by atoms with van der Waals surface area (Å²) in [6.45, 7) is 3.55. The summed E-state index contributed by atoms with van der Waals surface area (Å²) in [4.78, 5) is 36.8. The number of aryl methyl sites for hydroxylation is 1. The highest BCUT2D eigenvalue weighted by atomic mass is 35.7. The van der Waals surface area contributed by atoms with E-state index in [1.165, 1.54) is 0 Å². The van der Waals surface area contributed by atoms with Gasteiger partial charge in [-0.15, -0.1) is 0 Å².